The minimum atomic E-state index is -1.16. The van der Waals surface area contributed by atoms with Gasteiger partial charge in [-0.05, 0) is 68.1 Å². The van der Waals surface area contributed by atoms with E-state index in [2.05, 4.69) is 9.69 Å². The lowest BCUT2D eigenvalue weighted by Crippen LogP contribution is -2.21. The van der Waals surface area contributed by atoms with E-state index in [9.17, 15) is 14.7 Å². The van der Waals surface area contributed by atoms with E-state index in [0.717, 1.165) is 29.6 Å². The third kappa shape index (κ3) is 4.98. The molecule has 210 valence electrons. The Morgan fingerprint density at radius 3 is 2.41 bits per heavy atom. The SMILES string of the molecule is COc1cc(C2(C(=O)O)CC2)c(F)cc1-c1cc2sc(-c3snc(C)c3NC(=O)OC(C)c3ccccc3)cc2s1. The number of aromatic nitrogens is 1. The number of aryl methyl sites for hydroxylation is 1. The number of fused-ring (bicyclic) bond motifs is 1. The third-order valence-corrected chi connectivity index (χ3v) is 10.7. The zero-order chi connectivity index (χ0) is 28.9. The number of benzene rings is 2. The van der Waals surface area contributed by atoms with Crippen LogP contribution in [0.4, 0.5) is 14.9 Å². The Balaban J connectivity index is 1.26. The van der Waals surface area contributed by atoms with Crippen molar-refractivity contribution >= 4 is 61.4 Å². The summed E-state index contributed by atoms with van der Waals surface area (Å²) in [6.45, 7) is 3.66. The first-order valence-electron chi connectivity index (χ1n) is 12.8. The molecule has 3 heterocycles. The van der Waals surface area contributed by atoms with Gasteiger partial charge in [0.15, 0.2) is 0 Å². The molecule has 0 radical (unpaired) electrons. The van der Waals surface area contributed by atoms with Crippen LogP contribution in [0, 0.1) is 12.7 Å². The van der Waals surface area contributed by atoms with Gasteiger partial charge in [-0.25, -0.2) is 9.18 Å². The second-order valence-corrected chi connectivity index (χ2v) is 12.9. The Bertz CT molecular complexity index is 1760. The fraction of sp³-hybridized carbons (Fsp3) is 0.233. The molecule has 1 atom stereocenters. The van der Waals surface area contributed by atoms with Crippen molar-refractivity contribution in [1.29, 1.82) is 0 Å². The molecule has 0 bridgehead atoms. The van der Waals surface area contributed by atoms with E-state index in [1.807, 2.05) is 56.3 Å². The molecule has 1 amide bonds. The summed E-state index contributed by atoms with van der Waals surface area (Å²) in [7, 11) is 1.50. The number of amides is 1. The maximum Gasteiger partial charge on any atom is 0.412 e. The number of carboxylic acids is 1. The normalized spacial score (nSPS) is 14.5. The molecule has 1 unspecified atom stereocenters. The first-order chi connectivity index (χ1) is 19.7. The van der Waals surface area contributed by atoms with Gasteiger partial charge in [0.05, 0.1) is 33.7 Å². The van der Waals surface area contributed by atoms with Gasteiger partial charge in [-0.1, -0.05) is 30.3 Å². The summed E-state index contributed by atoms with van der Waals surface area (Å²) in [5, 5.41) is 12.5. The average molecular weight is 609 g/mol. The van der Waals surface area contributed by atoms with Gasteiger partial charge in [0.1, 0.15) is 17.7 Å². The van der Waals surface area contributed by atoms with Crippen molar-refractivity contribution in [3.63, 3.8) is 0 Å². The van der Waals surface area contributed by atoms with Crippen LogP contribution in [0.1, 0.15) is 42.7 Å². The molecule has 5 aromatic rings. The van der Waals surface area contributed by atoms with E-state index in [1.165, 1.54) is 42.1 Å². The molecule has 11 heteroatoms. The van der Waals surface area contributed by atoms with Crippen LogP contribution in [-0.4, -0.2) is 28.7 Å². The Labute approximate surface area is 247 Å². The number of methoxy groups -OCH3 is 1. The second kappa shape index (κ2) is 10.6. The van der Waals surface area contributed by atoms with Gasteiger partial charge in [-0.15, -0.1) is 22.7 Å². The lowest BCUT2D eigenvalue weighted by molar-refractivity contribution is -0.140. The third-order valence-electron chi connectivity index (χ3n) is 7.30. The number of nitrogens with zero attached hydrogens (tertiary/aromatic N) is 1. The van der Waals surface area contributed by atoms with E-state index >= 15 is 4.39 Å². The second-order valence-electron chi connectivity index (χ2n) is 9.92. The smallest absolute Gasteiger partial charge is 0.412 e. The molecule has 41 heavy (non-hydrogen) atoms. The van der Waals surface area contributed by atoms with Crippen LogP contribution < -0.4 is 10.1 Å². The van der Waals surface area contributed by atoms with Crippen LogP contribution in [0.2, 0.25) is 0 Å². The Hall–Kier alpha value is -3.80. The number of rotatable bonds is 8. The monoisotopic (exact) mass is 608 g/mol. The lowest BCUT2D eigenvalue weighted by Gasteiger charge is -2.15. The van der Waals surface area contributed by atoms with Gasteiger partial charge in [0.25, 0.3) is 0 Å². The minimum Gasteiger partial charge on any atom is -0.496 e. The minimum absolute atomic E-state index is 0.170. The average Bonchev–Trinajstić information content (AvgIpc) is 3.36. The maximum atomic E-state index is 15.2. The fourth-order valence-electron chi connectivity index (χ4n) is 4.85. The van der Waals surface area contributed by atoms with E-state index in [0.29, 0.717) is 35.5 Å². The summed E-state index contributed by atoms with van der Waals surface area (Å²) in [5.41, 5.74) is 1.80. The summed E-state index contributed by atoms with van der Waals surface area (Å²) < 4.78 is 32.8. The van der Waals surface area contributed by atoms with E-state index in [1.54, 1.807) is 11.3 Å². The molecule has 3 aromatic heterocycles. The number of anilines is 1. The number of carbonyl (C=O) groups excluding carboxylic acids is 1. The van der Waals surface area contributed by atoms with E-state index in [-0.39, 0.29) is 5.56 Å². The van der Waals surface area contributed by atoms with Crippen LogP contribution in [0.15, 0.2) is 54.6 Å². The molecule has 0 spiro atoms. The number of carboxylic acid groups (broad SMARTS) is 1. The van der Waals surface area contributed by atoms with Crippen LogP contribution in [0.3, 0.4) is 0 Å². The number of carbonyl (C=O) groups is 2. The van der Waals surface area contributed by atoms with E-state index in [4.69, 9.17) is 9.47 Å². The Kier molecular flexibility index (Phi) is 7.04. The van der Waals surface area contributed by atoms with E-state index < -0.39 is 29.4 Å². The first-order valence-corrected chi connectivity index (χ1v) is 15.2. The number of hydrogen-bond acceptors (Lipinski definition) is 8. The summed E-state index contributed by atoms with van der Waals surface area (Å²) in [5.74, 6) is -1.11. The molecule has 7 nitrogen and oxygen atoms in total. The summed E-state index contributed by atoms with van der Waals surface area (Å²) in [4.78, 5) is 27.1. The molecule has 1 fully saturated rings. The molecular weight excluding hydrogens is 584 g/mol. The molecule has 2 aromatic carbocycles. The van der Waals surface area contributed by atoms with Gasteiger partial charge < -0.3 is 14.6 Å². The van der Waals surface area contributed by atoms with Crippen molar-refractivity contribution in [1.82, 2.24) is 4.37 Å². The summed E-state index contributed by atoms with van der Waals surface area (Å²) in [6.07, 6.45) is -0.139. The number of nitrogens with one attached hydrogen (secondary N) is 1. The summed E-state index contributed by atoms with van der Waals surface area (Å²) >= 11 is 4.34. The Morgan fingerprint density at radius 2 is 1.76 bits per heavy atom. The van der Waals surface area contributed by atoms with Gasteiger partial charge >= 0.3 is 12.1 Å². The molecule has 6 rings (SSSR count). The van der Waals surface area contributed by atoms with Gasteiger partial charge in [-0.3, -0.25) is 10.1 Å². The van der Waals surface area contributed by atoms with Crippen molar-refractivity contribution in [2.75, 3.05) is 12.4 Å². The maximum absolute atomic E-state index is 15.2. The van der Waals surface area contributed by atoms with Crippen LogP contribution >= 0.6 is 34.2 Å². The zero-order valence-corrected chi connectivity index (χ0v) is 24.8. The quantitative estimate of drug-likeness (QED) is 0.183. The largest absolute Gasteiger partial charge is 0.496 e. The van der Waals surface area contributed by atoms with Crippen molar-refractivity contribution in [2.45, 2.75) is 38.2 Å². The summed E-state index contributed by atoms with van der Waals surface area (Å²) in [6, 6.07) is 16.4. The number of hydrogen-bond donors (Lipinski definition) is 2. The molecule has 1 aliphatic rings. The van der Waals surface area contributed by atoms with Crippen molar-refractivity contribution in [2.24, 2.45) is 0 Å². The van der Waals surface area contributed by atoms with Crippen molar-refractivity contribution in [3.05, 3.63) is 77.2 Å². The highest BCUT2D eigenvalue weighted by molar-refractivity contribution is 7.32. The highest BCUT2D eigenvalue weighted by Crippen LogP contribution is 2.52. The topological polar surface area (TPSA) is 97.8 Å². The van der Waals surface area contributed by atoms with Gasteiger partial charge in [0.2, 0.25) is 0 Å². The Morgan fingerprint density at radius 1 is 1.07 bits per heavy atom. The highest BCUT2D eigenvalue weighted by Gasteiger charge is 2.53. The molecule has 0 saturated heterocycles. The predicted molar refractivity (Wildman–Crippen MR) is 161 cm³/mol. The van der Waals surface area contributed by atoms with Crippen molar-refractivity contribution in [3.8, 4) is 25.9 Å². The van der Waals surface area contributed by atoms with Crippen molar-refractivity contribution < 1.29 is 28.6 Å². The molecule has 1 aliphatic carbocycles. The molecule has 1 saturated carbocycles. The lowest BCUT2D eigenvalue weighted by atomic mass is 9.93. The van der Waals surface area contributed by atoms with Crippen LogP contribution in [-0.2, 0) is 14.9 Å². The van der Waals surface area contributed by atoms with Gasteiger partial charge in [0, 0.05) is 25.4 Å². The standard InChI is InChI=1S/C30H25FN2O5S3/c1-15-26(32-29(36)38-16(2)17-7-5-4-6-8-17)27(41-33-15)25-14-24-23(40-25)13-22(39-24)18-11-20(31)19(12-21(18)37-3)30(9-10-30)28(34)35/h4-8,11-14,16H,9-10H2,1-3H3,(H,32,36)(H,34,35). The number of ether oxygens (including phenoxy) is 2. The highest BCUT2D eigenvalue weighted by atomic mass is 32.1. The number of thiophene rings is 2. The fourth-order valence-corrected chi connectivity index (χ4v) is 8.21. The van der Waals surface area contributed by atoms with Crippen LogP contribution in [0.5, 0.6) is 5.75 Å². The molecule has 0 aliphatic heterocycles. The van der Waals surface area contributed by atoms with Crippen LogP contribution in [0.25, 0.3) is 29.6 Å². The number of aliphatic carboxylic acids is 1. The zero-order valence-electron chi connectivity index (χ0n) is 22.3. The molecular formula is C30H25FN2O5S3. The first kappa shape index (κ1) is 27.4. The number of halogens is 1. The molecule has 2 N–H and O–H groups in total. The predicted octanol–water partition coefficient (Wildman–Crippen LogP) is 8.64. The van der Waals surface area contributed by atoms with Gasteiger partial charge in [-0.2, -0.15) is 4.37 Å².